The fourth-order valence-electron chi connectivity index (χ4n) is 4.27. The van der Waals surface area contributed by atoms with E-state index < -0.39 is 0 Å². The summed E-state index contributed by atoms with van der Waals surface area (Å²) in [4.78, 5) is 21.6. The van der Waals surface area contributed by atoms with E-state index in [1.165, 1.54) is 6.20 Å². The molecule has 0 bridgehead atoms. The van der Waals surface area contributed by atoms with Crippen molar-refractivity contribution in [2.24, 2.45) is 5.73 Å². The number of pyridine rings is 1. The highest BCUT2D eigenvalue weighted by atomic mass is 16.5. The van der Waals surface area contributed by atoms with Gasteiger partial charge in [-0.1, -0.05) is 12.1 Å². The quantitative estimate of drug-likeness (QED) is 0.410. The molecular formula is C23H25N9O. The third-order valence-corrected chi connectivity index (χ3v) is 5.88. The van der Waals surface area contributed by atoms with Crippen LogP contribution < -0.4 is 20.7 Å². The maximum atomic E-state index is 9.17. The first-order valence-corrected chi connectivity index (χ1v) is 10.9. The number of nitriles is 1. The Kier molecular flexibility index (Phi) is 5.64. The SMILES string of the molecule is CNc1cccc2c1[nH]c1nc(Oc3cncc(C#N)c3)nc(N3CCN(CCN)CC3)c12. The zero-order chi connectivity index (χ0) is 22.8. The van der Waals surface area contributed by atoms with Gasteiger partial charge >= 0.3 is 6.01 Å². The summed E-state index contributed by atoms with van der Waals surface area (Å²) in [5, 5.41) is 14.4. The lowest BCUT2D eigenvalue weighted by atomic mass is 10.1. The molecule has 10 heteroatoms. The van der Waals surface area contributed by atoms with Crippen molar-refractivity contribution in [3.8, 4) is 17.8 Å². The Morgan fingerprint density at radius 2 is 2.06 bits per heavy atom. The number of fused-ring (bicyclic) bond motifs is 3. The van der Waals surface area contributed by atoms with Gasteiger partial charge in [-0.05, 0) is 6.07 Å². The molecule has 0 aliphatic carbocycles. The lowest BCUT2D eigenvalue weighted by molar-refractivity contribution is 0.264. The standard InChI is InChI=1S/C23H25N9O/c1-26-18-4-2-3-17-19-21(28-20(17)18)29-23(33-16-11-15(12-25)13-27-14-16)30-22(19)32-9-7-31(6-5-24)8-10-32/h2-4,11,13-14,26H,5-10,24H2,1H3,(H,28,29,30). The Balaban J connectivity index is 1.61. The number of ether oxygens (including phenoxy) is 1. The lowest BCUT2D eigenvalue weighted by Crippen LogP contribution is -2.48. The molecule has 3 aromatic heterocycles. The second-order valence-corrected chi connectivity index (χ2v) is 7.90. The number of hydrogen-bond acceptors (Lipinski definition) is 9. The minimum absolute atomic E-state index is 0.205. The molecule has 33 heavy (non-hydrogen) atoms. The van der Waals surface area contributed by atoms with E-state index in [-0.39, 0.29) is 6.01 Å². The van der Waals surface area contributed by atoms with Crippen LogP contribution in [-0.4, -0.2) is 71.2 Å². The molecule has 4 heterocycles. The molecule has 1 fully saturated rings. The van der Waals surface area contributed by atoms with Crippen molar-refractivity contribution < 1.29 is 4.74 Å². The summed E-state index contributed by atoms with van der Waals surface area (Å²) in [6, 6.07) is 10.0. The Hall–Kier alpha value is -3.94. The van der Waals surface area contributed by atoms with Crippen LogP contribution >= 0.6 is 0 Å². The third-order valence-electron chi connectivity index (χ3n) is 5.88. The number of anilines is 2. The highest BCUT2D eigenvalue weighted by Gasteiger charge is 2.24. The van der Waals surface area contributed by atoms with Crippen LogP contribution in [0.3, 0.4) is 0 Å². The molecule has 4 aromatic rings. The van der Waals surface area contributed by atoms with Crippen molar-refractivity contribution in [1.82, 2.24) is 24.8 Å². The van der Waals surface area contributed by atoms with Crippen molar-refractivity contribution in [1.29, 1.82) is 5.26 Å². The van der Waals surface area contributed by atoms with Crippen molar-refractivity contribution in [2.45, 2.75) is 0 Å². The Morgan fingerprint density at radius 3 is 2.82 bits per heavy atom. The topological polar surface area (TPSA) is 132 Å². The number of aromatic amines is 1. The first-order chi connectivity index (χ1) is 16.2. The second-order valence-electron chi connectivity index (χ2n) is 7.90. The Morgan fingerprint density at radius 1 is 1.21 bits per heavy atom. The summed E-state index contributed by atoms with van der Waals surface area (Å²) < 4.78 is 5.95. The van der Waals surface area contributed by atoms with Gasteiger partial charge in [0.2, 0.25) is 0 Å². The molecular weight excluding hydrogens is 418 g/mol. The molecule has 1 aromatic carbocycles. The van der Waals surface area contributed by atoms with Gasteiger partial charge in [-0.15, -0.1) is 0 Å². The number of nitrogens with one attached hydrogen (secondary N) is 2. The predicted octanol–water partition coefficient (Wildman–Crippen LogP) is 2.29. The van der Waals surface area contributed by atoms with E-state index >= 15 is 0 Å². The molecule has 1 aliphatic heterocycles. The van der Waals surface area contributed by atoms with E-state index in [2.05, 4.69) is 42.2 Å². The Labute approximate surface area is 191 Å². The average Bonchev–Trinajstić information content (AvgIpc) is 3.23. The van der Waals surface area contributed by atoms with Crippen molar-refractivity contribution >= 4 is 33.4 Å². The van der Waals surface area contributed by atoms with Crippen LogP contribution in [0, 0.1) is 11.3 Å². The van der Waals surface area contributed by atoms with Gasteiger partial charge in [0.05, 0.1) is 28.4 Å². The maximum absolute atomic E-state index is 9.17. The summed E-state index contributed by atoms with van der Waals surface area (Å²) in [5.74, 6) is 1.24. The average molecular weight is 444 g/mol. The van der Waals surface area contributed by atoms with E-state index in [9.17, 15) is 0 Å². The molecule has 1 saturated heterocycles. The highest BCUT2D eigenvalue weighted by Crippen LogP contribution is 2.36. The summed E-state index contributed by atoms with van der Waals surface area (Å²) in [6.45, 7) is 5.03. The molecule has 0 atom stereocenters. The number of aromatic nitrogens is 4. The molecule has 0 saturated carbocycles. The number of nitrogens with two attached hydrogens (primary N) is 1. The molecule has 5 rings (SSSR count). The predicted molar refractivity (Wildman–Crippen MR) is 128 cm³/mol. The second kappa shape index (κ2) is 8.90. The zero-order valence-corrected chi connectivity index (χ0v) is 18.4. The minimum Gasteiger partial charge on any atom is -0.422 e. The van der Waals surface area contributed by atoms with E-state index in [1.807, 2.05) is 19.2 Å². The van der Waals surface area contributed by atoms with Crippen LogP contribution in [-0.2, 0) is 0 Å². The summed E-state index contributed by atoms with van der Waals surface area (Å²) in [7, 11) is 1.90. The lowest BCUT2D eigenvalue weighted by Gasteiger charge is -2.35. The number of nitrogens with zero attached hydrogens (tertiary/aromatic N) is 6. The van der Waals surface area contributed by atoms with Gasteiger partial charge in [-0.25, -0.2) is 0 Å². The van der Waals surface area contributed by atoms with Crippen LogP contribution in [0.25, 0.3) is 21.9 Å². The fourth-order valence-corrected chi connectivity index (χ4v) is 4.27. The largest absolute Gasteiger partial charge is 0.422 e. The molecule has 10 nitrogen and oxygen atoms in total. The van der Waals surface area contributed by atoms with Crippen LogP contribution in [0.1, 0.15) is 5.56 Å². The third kappa shape index (κ3) is 4.00. The van der Waals surface area contributed by atoms with Gasteiger partial charge in [-0.2, -0.15) is 15.2 Å². The fraction of sp³-hybridized carbons (Fsp3) is 0.304. The van der Waals surface area contributed by atoms with Crippen LogP contribution in [0.5, 0.6) is 11.8 Å². The van der Waals surface area contributed by atoms with Gasteiger partial charge in [0.25, 0.3) is 0 Å². The van der Waals surface area contributed by atoms with Gasteiger partial charge in [0, 0.05) is 64.0 Å². The van der Waals surface area contributed by atoms with Crippen molar-refractivity contribution in [3.63, 3.8) is 0 Å². The normalized spacial score (nSPS) is 14.5. The van der Waals surface area contributed by atoms with E-state index in [1.54, 1.807) is 12.3 Å². The maximum Gasteiger partial charge on any atom is 0.326 e. The Bertz CT molecular complexity index is 1340. The van der Waals surface area contributed by atoms with E-state index in [4.69, 9.17) is 20.7 Å². The number of rotatable bonds is 6. The zero-order valence-electron chi connectivity index (χ0n) is 18.4. The summed E-state index contributed by atoms with van der Waals surface area (Å²) in [5.41, 5.74) is 8.80. The smallest absolute Gasteiger partial charge is 0.326 e. The molecule has 0 unspecified atom stereocenters. The molecule has 0 radical (unpaired) electrons. The van der Waals surface area contributed by atoms with Gasteiger partial charge in [-0.3, -0.25) is 9.88 Å². The van der Waals surface area contributed by atoms with Crippen LogP contribution in [0.15, 0.2) is 36.7 Å². The van der Waals surface area contributed by atoms with Gasteiger partial charge in [0.15, 0.2) is 5.75 Å². The first kappa shape index (κ1) is 20.9. The van der Waals surface area contributed by atoms with Crippen LogP contribution in [0.4, 0.5) is 11.5 Å². The first-order valence-electron chi connectivity index (χ1n) is 10.9. The molecule has 4 N–H and O–H groups in total. The molecule has 1 aliphatic rings. The highest BCUT2D eigenvalue weighted by molar-refractivity contribution is 6.14. The summed E-state index contributed by atoms with van der Waals surface area (Å²) >= 11 is 0. The van der Waals surface area contributed by atoms with Crippen molar-refractivity contribution in [3.05, 3.63) is 42.2 Å². The minimum atomic E-state index is 0.205. The van der Waals surface area contributed by atoms with E-state index in [0.29, 0.717) is 23.5 Å². The summed E-state index contributed by atoms with van der Waals surface area (Å²) in [6.07, 6.45) is 3.03. The molecule has 0 amide bonds. The van der Waals surface area contributed by atoms with Gasteiger partial charge in [0.1, 0.15) is 17.5 Å². The van der Waals surface area contributed by atoms with Gasteiger partial charge < -0.3 is 25.7 Å². The van der Waals surface area contributed by atoms with Crippen LogP contribution in [0.2, 0.25) is 0 Å². The van der Waals surface area contributed by atoms with Crippen molar-refractivity contribution in [2.75, 3.05) is 56.5 Å². The molecule has 0 spiro atoms. The molecule has 168 valence electrons. The number of H-pyrrole nitrogens is 1. The number of hydrogen-bond donors (Lipinski definition) is 3. The number of benzene rings is 1. The number of para-hydroxylation sites is 1. The number of piperazine rings is 1. The van der Waals surface area contributed by atoms with E-state index in [0.717, 1.165) is 60.5 Å². The monoisotopic (exact) mass is 443 g/mol.